The standard InChI is InChI=1S/C23H26N6O/c1-15(28-11-10-23(2,24)14-28)17-6-9-21-26-27-22(29(21)13-17)19-8-5-16-4-7-18(30-3)12-20(16)25-19/h4-9,12-13,15H,10-11,14,24H2,1-3H3/t15-,23+/m1/s1. The van der Waals surface area contributed by atoms with Crippen LogP contribution in [-0.2, 0) is 0 Å². The number of fused-ring (bicyclic) bond motifs is 2. The van der Waals surface area contributed by atoms with E-state index in [1.807, 2.05) is 34.7 Å². The lowest BCUT2D eigenvalue weighted by Gasteiger charge is -2.26. The fraction of sp³-hybridized carbons (Fsp3) is 0.348. The minimum Gasteiger partial charge on any atom is -0.497 e. The predicted octanol–water partition coefficient (Wildman–Crippen LogP) is 3.44. The number of hydrogen-bond donors (Lipinski definition) is 1. The molecular formula is C23H26N6O. The van der Waals surface area contributed by atoms with Crippen LogP contribution in [0.3, 0.4) is 0 Å². The zero-order valence-corrected chi connectivity index (χ0v) is 17.5. The molecule has 1 saturated heterocycles. The Morgan fingerprint density at radius 1 is 1.13 bits per heavy atom. The number of nitrogens with two attached hydrogens (primary N) is 1. The predicted molar refractivity (Wildman–Crippen MR) is 117 cm³/mol. The van der Waals surface area contributed by atoms with Gasteiger partial charge in [-0.15, -0.1) is 10.2 Å². The van der Waals surface area contributed by atoms with Crippen molar-refractivity contribution in [1.82, 2.24) is 24.5 Å². The van der Waals surface area contributed by atoms with Crippen molar-refractivity contribution in [2.45, 2.75) is 31.8 Å². The molecule has 154 valence electrons. The molecule has 7 nitrogen and oxygen atoms in total. The van der Waals surface area contributed by atoms with Gasteiger partial charge in [0, 0.05) is 42.3 Å². The third-order valence-corrected chi connectivity index (χ3v) is 6.12. The summed E-state index contributed by atoms with van der Waals surface area (Å²) in [5, 5.41) is 9.82. The topological polar surface area (TPSA) is 81.6 Å². The van der Waals surface area contributed by atoms with Crippen LogP contribution in [0.25, 0.3) is 28.1 Å². The first-order valence-electron chi connectivity index (χ1n) is 10.3. The molecule has 0 spiro atoms. The maximum absolute atomic E-state index is 6.34. The molecule has 0 bridgehead atoms. The van der Waals surface area contributed by atoms with Gasteiger partial charge in [0.05, 0.1) is 12.6 Å². The van der Waals surface area contributed by atoms with Gasteiger partial charge in [0.15, 0.2) is 11.5 Å². The number of likely N-dealkylation sites (tertiary alicyclic amines) is 1. The summed E-state index contributed by atoms with van der Waals surface area (Å²) < 4.78 is 7.37. The van der Waals surface area contributed by atoms with Gasteiger partial charge in [0.1, 0.15) is 11.4 Å². The Morgan fingerprint density at radius 3 is 2.73 bits per heavy atom. The highest BCUT2D eigenvalue weighted by molar-refractivity contribution is 5.82. The van der Waals surface area contributed by atoms with E-state index in [9.17, 15) is 0 Å². The summed E-state index contributed by atoms with van der Waals surface area (Å²) >= 11 is 0. The number of aromatic nitrogens is 4. The van der Waals surface area contributed by atoms with E-state index >= 15 is 0 Å². The number of methoxy groups -OCH3 is 1. The van der Waals surface area contributed by atoms with Crippen molar-refractivity contribution in [2.75, 3.05) is 20.2 Å². The van der Waals surface area contributed by atoms with Crippen LogP contribution in [0.15, 0.2) is 48.7 Å². The van der Waals surface area contributed by atoms with Crippen molar-refractivity contribution in [2.24, 2.45) is 5.73 Å². The van der Waals surface area contributed by atoms with Crippen molar-refractivity contribution in [3.63, 3.8) is 0 Å². The molecule has 0 amide bonds. The van der Waals surface area contributed by atoms with Crippen molar-refractivity contribution < 1.29 is 4.74 Å². The summed E-state index contributed by atoms with van der Waals surface area (Å²) in [6.45, 7) is 6.26. The Hall–Kier alpha value is -3.03. The van der Waals surface area contributed by atoms with Gasteiger partial charge in [-0.25, -0.2) is 4.98 Å². The first-order valence-corrected chi connectivity index (χ1v) is 10.3. The highest BCUT2D eigenvalue weighted by Crippen LogP contribution is 2.29. The van der Waals surface area contributed by atoms with E-state index in [1.165, 1.54) is 5.56 Å². The van der Waals surface area contributed by atoms with Crippen LogP contribution in [0.5, 0.6) is 5.75 Å². The lowest BCUT2D eigenvalue weighted by atomic mass is 10.0. The van der Waals surface area contributed by atoms with Crippen LogP contribution in [-0.4, -0.2) is 50.2 Å². The van der Waals surface area contributed by atoms with Gasteiger partial charge in [-0.1, -0.05) is 12.1 Å². The molecule has 5 rings (SSSR count). The van der Waals surface area contributed by atoms with Gasteiger partial charge >= 0.3 is 0 Å². The second-order valence-corrected chi connectivity index (χ2v) is 8.52. The van der Waals surface area contributed by atoms with Crippen LogP contribution in [0.2, 0.25) is 0 Å². The van der Waals surface area contributed by atoms with Crippen LogP contribution in [0, 0.1) is 0 Å². The zero-order valence-electron chi connectivity index (χ0n) is 17.5. The zero-order chi connectivity index (χ0) is 20.9. The van der Waals surface area contributed by atoms with Crippen LogP contribution < -0.4 is 10.5 Å². The average molecular weight is 403 g/mol. The van der Waals surface area contributed by atoms with E-state index in [-0.39, 0.29) is 11.6 Å². The summed E-state index contributed by atoms with van der Waals surface area (Å²) in [6, 6.07) is 14.3. The number of benzene rings is 1. The molecule has 0 saturated carbocycles. The Bertz CT molecular complexity index is 1230. The van der Waals surface area contributed by atoms with Gasteiger partial charge in [0.2, 0.25) is 0 Å². The number of ether oxygens (including phenoxy) is 1. The summed E-state index contributed by atoms with van der Waals surface area (Å²) in [4.78, 5) is 7.25. The molecule has 2 N–H and O–H groups in total. The highest BCUT2D eigenvalue weighted by Gasteiger charge is 2.32. The number of pyridine rings is 2. The summed E-state index contributed by atoms with van der Waals surface area (Å²) in [6.07, 6.45) is 3.14. The lowest BCUT2D eigenvalue weighted by Crippen LogP contribution is -2.39. The quantitative estimate of drug-likeness (QED) is 0.563. The molecule has 30 heavy (non-hydrogen) atoms. The molecule has 7 heteroatoms. The second kappa shape index (κ2) is 7.04. The van der Waals surface area contributed by atoms with Crippen molar-refractivity contribution in [3.8, 4) is 17.3 Å². The molecule has 1 aliphatic heterocycles. The van der Waals surface area contributed by atoms with Crippen LogP contribution >= 0.6 is 0 Å². The Labute approximate surface area is 175 Å². The molecule has 1 aliphatic rings. The monoisotopic (exact) mass is 402 g/mol. The maximum atomic E-state index is 6.34. The van der Waals surface area contributed by atoms with Crippen LogP contribution in [0.4, 0.5) is 0 Å². The van der Waals surface area contributed by atoms with Gasteiger partial charge in [0.25, 0.3) is 0 Å². The molecule has 3 aromatic heterocycles. The molecule has 4 heterocycles. The number of hydrogen-bond acceptors (Lipinski definition) is 6. The molecule has 1 aromatic carbocycles. The third-order valence-electron chi connectivity index (χ3n) is 6.12. The minimum absolute atomic E-state index is 0.115. The van der Waals surface area contributed by atoms with E-state index < -0.39 is 0 Å². The summed E-state index contributed by atoms with van der Waals surface area (Å²) in [7, 11) is 1.66. The fourth-order valence-corrected chi connectivity index (χ4v) is 4.24. The molecular weight excluding hydrogens is 376 g/mol. The van der Waals surface area contributed by atoms with E-state index in [0.29, 0.717) is 0 Å². The molecule has 2 atom stereocenters. The van der Waals surface area contributed by atoms with Gasteiger partial charge in [-0.2, -0.15) is 0 Å². The lowest BCUT2D eigenvalue weighted by molar-refractivity contribution is 0.248. The van der Waals surface area contributed by atoms with Gasteiger partial charge in [-0.05, 0) is 50.1 Å². The van der Waals surface area contributed by atoms with Crippen LogP contribution in [0.1, 0.15) is 31.9 Å². The highest BCUT2D eigenvalue weighted by atomic mass is 16.5. The van der Waals surface area contributed by atoms with E-state index in [1.54, 1.807) is 7.11 Å². The Kier molecular flexibility index (Phi) is 4.45. The molecule has 4 aromatic rings. The average Bonchev–Trinajstić information content (AvgIpc) is 3.34. The van der Waals surface area contributed by atoms with Crippen molar-refractivity contribution in [3.05, 3.63) is 54.2 Å². The van der Waals surface area contributed by atoms with Gasteiger partial charge in [-0.3, -0.25) is 9.30 Å². The van der Waals surface area contributed by atoms with E-state index in [2.05, 4.69) is 47.3 Å². The summed E-state index contributed by atoms with van der Waals surface area (Å²) in [5.41, 5.74) is 9.89. The molecule has 0 unspecified atom stereocenters. The molecule has 0 radical (unpaired) electrons. The number of rotatable bonds is 4. The van der Waals surface area contributed by atoms with Crippen molar-refractivity contribution in [1.29, 1.82) is 0 Å². The van der Waals surface area contributed by atoms with Crippen molar-refractivity contribution >= 4 is 16.6 Å². The fourth-order valence-electron chi connectivity index (χ4n) is 4.24. The Balaban J connectivity index is 1.54. The molecule has 0 aliphatic carbocycles. The largest absolute Gasteiger partial charge is 0.497 e. The normalized spacial score (nSPS) is 20.8. The second-order valence-electron chi connectivity index (χ2n) is 8.52. The molecule has 1 fully saturated rings. The van der Waals surface area contributed by atoms with Gasteiger partial charge < -0.3 is 10.5 Å². The first kappa shape index (κ1) is 19.0. The summed E-state index contributed by atoms with van der Waals surface area (Å²) in [5.74, 6) is 1.51. The first-order chi connectivity index (χ1) is 14.4. The Morgan fingerprint density at radius 2 is 1.97 bits per heavy atom. The van der Waals surface area contributed by atoms with E-state index in [0.717, 1.165) is 53.3 Å². The van der Waals surface area contributed by atoms with E-state index in [4.69, 9.17) is 15.5 Å². The maximum Gasteiger partial charge on any atom is 0.187 e. The third kappa shape index (κ3) is 3.30. The number of nitrogens with zero attached hydrogens (tertiary/aromatic N) is 5. The minimum atomic E-state index is -0.115. The SMILES string of the molecule is COc1ccc2ccc(-c3nnc4ccc([C@@H](C)N5CC[C@](C)(N)C5)cn34)nc2c1. The smallest absolute Gasteiger partial charge is 0.187 e.